The molecule has 2 heterocycles. The van der Waals surface area contributed by atoms with Crippen LogP contribution >= 0.6 is 0 Å². The van der Waals surface area contributed by atoms with Gasteiger partial charge in [-0.25, -0.2) is 19.8 Å². The SMILES string of the molecule is [C-]#[N+]c1cccc(-c2ccc3c(c2)c2cc(-c4cccc(C#N)c4)ccc2n3-c2c(-c3ccc(C)cc3)cc(-c3nc(-c4ccccc4)nc(-c4ccccc4)n3)cc2-c2ccc(C(F)(F)F)cc2)c1. The summed E-state index contributed by atoms with van der Waals surface area (Å²) >= 11 is 0. The fraction of sp³-hybridized carbons (Fsp3) is 0.0328. The van der Waals surface area contributed by atoms with Crippen LogP contribution in [0.1, 0.15) is 16.7 Å². The summed E-state index contributed by atoms with van der Waals surface area (Å²) in [7, 11) is 0. The van der Waals surface area contributed by atoms with Crippen molar-refractivity contribution in [2.45, 2.75) is 13.1 Å². The van der Waals surface area contributed by atoms with Crippen LogP contribution in [0.2, 0.25) is 0 Å². The summed E-state index contributed by atoms with van der Waals surface area (Å²) in [4.78, 5) is 18.8. The molecule has 0 spiro atoms. The third kappa shape index (κ3) is 8.12. The molecule has 11 aromatic rings. The lowest BCUT2D eigenvalue weighted by Crippen LogP contribution is -2.05. The lowest BCUT2D eigenvalue weighted by atomic mass is 9.91. The van der Waals surface area contributed by atoms with Gasteiger partial charge in [0.2, 0.25) is 0 Å². The van der Waals surface area contributed by atoms with Crippen molar-refractivity contribution in [2.75, 3.05) is 0 Å². The Bertz CT molecular complexity index is 3710. The maximum absolute atomic E-state index is 14.3. The van der Waals surface area contributed by atoms with Crippen LogP contribution in [-0.4, -0.2) is 19.5 Å². The van der Waals surface area contributed by atoms with E-state index in [-0.39, 0.29) is 0 Å². The largest absolute Gasteiger partial charge is 0.416 e. The Morgan fingerprint density at radius 3 is 1.44 bits per heavy atom. The Labute approximate surface area is 401 Å². The van der Waals surface area contributed by atoms with E-state index in [0.717, 1.165) is 89.7 Å². The predicted molar refractivity (Wildman–Crippen MR) is 273 cm³/mol. The molecule has 9 heteroatoms. The molecule has 0 fully saturated rings. The van der Waals surface area contributed by atoms with Crippen molar-refractivity contribution in [1.29, 1.82) is 5.26 Å². The minimum atomic E-state index is -4.55. The zero-order valence-electron chi connectivity index (χ0n) is 37.4. The number of halogens is 3. The van der Waals surface area contributed by atoms with E-state index in [4.69, 9.17) is 21.5 Å². The molecule has 0 N–H and O–H groups in total. The zero-order chi connectivity index (χ0) is 47.9. The van der Waals surface area contributed by atoms with Crippen LogP contribution in [0.15, 0.2) is 206 Å². The summed E-state index contributed by atoms with van der Waals surface area (Å²) in [5.74, 6) is 1.33. The number of rotatable bonds is 8. The number of alkyl halides is 3. The molecule has 9 aromatic carbocycles. The van der Waals surface area contributed by atoms with Crippen LogP contribution in [-0.2, 0) is 6.18 Å². The Hall–Kier alpha value is -9.44. The van der Waals surface area contributed by atoms with Gasteiger partial charge in [-0.05, 0) is 107 Å². The van der Waals surface area contributed by atoms with Crippen molar-refractivity contribution >= 4 is 27.5 Å². The molecule has 70 heavy (non-hydrogen) atoms. The van der Waals surface area contributed by atoms with E-state index >= 15 is 0 Å². The number of fused-ring (bicyclic) bond motifs is 3. The van der Waals surface area contributed by atoms with Gasteiger partial charge in [0.1, 0.15) is 0 Å². The first kappa shape index (κ1) is 43.1. The maximum Gasteiger partial charge on any atom is 0.416 e. The normalized spacial score (nSPS) is 11.4. The van der Waals surface area contributed by atoms with Crippen molar-refractivity contribution in [2.24, 2.45) is 0 Å². The highest BCUT2D eigenvalue weighted by Crippen LogP contribution is 2.46. The third-order valence-electron chi connectivity index (χ3n) is 12.6. The number of nitriles is 1. The van der Waals surface area contributed by atoms with Crippen molar-refractivity contribution < 1.29 is 13.2 Å². The van der Waals surface area contributed by atoms with E-state index in [1.807, 2.05) is 134 Å². The van der Waals surface area contributed by atoms with Gasteiger partial charge in [-0.3, -0.25) is 0 Å². The summed E-state index contributed by atoms with van der Waals surface area (Å²) in [5.41, 5.74) is 12.4. The van der Waals surface area contributed by atoms with Gasteiger partial charge in [-0.2, -0.15) is 18.4 Å². The number of benzene rings is 9. The van der Waals surface area contributed by atoms with E-state index in [0.29, 0.717) is 45.4 Å². The molecular weight excluding hydrogens is 874 g/mol. The van der Waals surface area contributed by atoms with Gasteiger partial charge in [-0.1, -0.05) is 145 Å². The Kier molecular flexibility index (Phi) is 10.9. The Balaban J connectivity index is 1.26. The molecule has 11 rings (SSSR count). The number of aryl methyl sites for hydroxylation is 1. The molecule has 6 nitrogen and oxygen atoms in total. The van der Waals surface area contributed by atoms with Crippen LogP contribution in [0.4, 0.5) is 18.9 Å². The minimum absolute atomic E-state index is 0.388. The zero-order valence-corrected chi connectivity index (χ0v) is 37.4. The molecule has 0 radical (unpaired) electrons. The maximum atomic E-state index is 14.3. The quantitative estimate of drug-likeness (QED) is 0.142. The number of nitrogens with zero attached hydrogens (tertiary/aromatic N) is 6. The fourth-order valence-electron chi connectivity index (χ4n) is 9.10. The number of hydrogen-bond donors (Lipinski definition) is 0. The van der Waals surface area contributed by atoms with Gasteiger partial charge in [0.15, 0.2) is 23.2 Å². The van der Waals surface area contributed by atoms with Crippen molar-refractivity contribution in [3.05, 3.63) is 234 Å². The van der Waals surface area contributed by atoms with E-state index in [1.54, 1.807) is 12.1 Å². The minimum Gasteiger partial charge on any atom is -0.308 e. The Morgan fingerprint density at radius 2 is 0.929 bits per heavy atom. The van der Waals surface area contributed by atoms with E-state index in [2.05, 4.69) is 57.9 Å². The third-order valence-corrected chi connectivity index (χ3v) is 12.6. The number of aromatic nitrogens is 4. The van der Waals surface area contributed by atoms with Gasteiger partial charge in [0.25, 0.3) is 0 Å². The highest BCUT2D eigenvalue weighted by molar-refractivity contribution is 6.13. The second-order valence-corrected chi connectivity index (χ2v) is 17.1. The molecule has 0 aliphatic heterocycles. The van der Waals surface area contributed by atoms with E-state index in [9.17, 15) is 18.4 Å². The molecule has 0 saturated heterocycles. The fourth-order valence-corrected chi connectivity index (χ4v) is 9.10. The summed E-state index contributed by atoms with van der Waals surface area (Å²) in [6, 6.07) is 66.7. The molecule has 0 amide bonds. The molecule has 0 aliphatic rings. The first-order valence-corrected chi connectivity index (χ1v) is 22.5. The highest BCUT2D eigenvalue weighted by Gasteiger charge is 2.31. The first-order chi connectivity index (χ1) is 34.1. The monoisotopic (exact) mass is 910 g/mol. The molecule has 332 valence electrons. The van der Waals surface area contributed by atoms with Gasteiger partial charge in [0.05, 0.1) is 40.5 Å². The van der Waals surface area contributed by atoms with Crippen LogP contribution in [0.3, 0.4) is 0 Å². The van der Waals surface area contributed by atoms with Crippen molar-refractivity contribution in [3.63, 3.8) is 0 Å². The van der Waals surface area contributed by atoms with Crippen LogP contribution < -0.4 is 0 Å². The van der Waals surface area contributed by atoms with E-state index < -0.39 is 11.7 Å². The lowest BCUT2D eigenvalue weighted by Gasteiger charge is -2.21. The number of hydrogen-bond acceptors (Lipinski definition) is 4. The molecule has 0 bridgehead atoms. The second-order valence-electron chi connectivity index (χ2n) is 17.1. The molecule has 0 saturated carbocycles. The average Bonchev–Trinajstić information content (AvgIpc) is 3.73. The summed E-state index contributed by atoms with van der Waals surface area (Å²) in [5, 5.41) is 11.6. The van der Waals surface area contributed by atoms with E-state index in [1.165, 1.54) is 12.1 Å². The van der Waals surface area contributed by atoms with Crippen LogP contribution in [0.5, 0.6) is 0 Å². The summed E-state index contributed by atoms with van der Waals surface area (Å²) in [6.45, 7) is 9.74. The van der Waals surface area contributed by atoms with Gasteiger partial charge in [-0.15, -0.1) is 0 Å². The molecule has 2 aromatic heterocycles. The standard InChI is InChI=1S/C61H37F3N6/c1-38-19-21-40(22-20-38)51-35-48(60-68-58(42-12-5-3-6-13-42)67-59(69-60)43-14-7-4-8-15-43)36-52(41-23-27-49(28-24-41)61(62,63)64)57(51)70-55-29-25-46(44-16-9-11-39(31-44)37-65)33-53(55)54-34-47(26-30-56(54)70)45-17-10-18-50(32-45)66-2/h3-36H,1H3. The predicted octanol–water partition coefficient (Wildman–Crippen LogP) is 16.4. The Morgan fingerprint density at radius 1 is 0.471 bits per heavy atom. The van der Waals surface area contributed by atoms with Crippen LogP contribution in [0, 0.1) is 24.8 Å². The molecule has 0 unspecified atom stereocenters. The van der Waals surface area contributed by atoms with Crippen LogP contribution in [0.25, 0.3) is 111 Å². The van der Waals surface area contributed by atoms with Gasteiger partial charge < -0.3 is 4.57 Å². The smallest absolute Gasteiger partial charge is 0.308 e. The second kappa shape index (κ2) is 17.7. The molecule has 0 aliphatic carbocycles. The van der Waals surface area contributed by atoms with Gasteiger partial charge in [0, 0.05) is 38.6 Å². The van der Waals surface area contributed by atoms with Gasteiger partial charge >= 0.3 is 6.18 Å². The van der Waals surface area contributed by atoms with Crippen molar-refractivity contribution in [3.8, 4) is 90.4 Å². The first-order valence-electron chi connectivity index (χ1n) is 22.5. The lowest BCUT2D eigenvalue weighted by molar-refractivity contribution is -0.137. The highest BCUT2D eigenvalue weighted by atomic mass is 19.4. The summed E-state index contributed by atoms with van der Waals surface area (Å²) in [6.07, 6.45) is -4.55. The summed E-state index contributed by atoms with van der Waals surface area (Å²) < 4.78 is 45.0. The molecular formula is C61H37F3N6. The van der Waals surface area contributed by atoms with Crippen molar-refractivity contribution in [1.82, 2.24) is 19.5 Å². The average molecular weight is 911 g/mol. The topological polar surface area (TPSA) is 71.8 Å². The molecule has 0 atom stereocenters.